The molecule has 1 aromatic rings. The second-order valence-corrected chi connectivity index (χ2v) is 4.29. The van der Waals surface area contributed by atoms with Crippen LogP contribution in [0.15, 0.2) is 24.3 Å². The number of carboxylic acids is 1. The molecule has 0 radical (unpaired) electrons. The van der Waals surface area contributed by atoms with Gasteiger partial charge < -0.3 is 10.2 Å². The summed E-state index contributed by atoms with van der Waals surface area (Å²) >= 11 is 0. The molecule has 0 spiro atoms. The molecule has 0 heterocycles. The van der Waals surface area contributed by atoms with Crippen LogP contribution in [0.3, 0.4) is 0 Å². The average Bonchev–Trinajstić information content (AvgIpc) is 2.34. The van der Waals surface area contributed by atoms with E-state index in [2.05, 4.69) is 6.92 Å². The summed E-state index contributed by atoms with van der Waals surface area (Å²) in [7, 11) is 0. The first-order valence-electron chi connectivity index (χ1n) is 6.15. The van der Waals surface area contributed by atoms with E-state index in [1.165, 1.54) is 24.8 Å². The van der Waals surface area contributed by atoms with Gasteiger partial charge in [0.05, 0.1) is 0 Å². The first-order chi connectivity index (χ1) is 8.15. The van der Waals surface area contributed by atoms with E-state index >= 15 is 0 Å². The lowest BCUT2D eigenvalue weighted by atomic mass is 10.0. The van der Waals surface area contributed by atoms with Crippen molar-refractivity contribution < 1.29 is 15.0 Å². The highest BCUT2D eigenvalue weighted by molar-refractivity contribution is 5.73. The van der Waals surface area contributed by atoms with Gasteiger partial charge in [-0.2, -0.15) is 0 Å². The van der Waals surface area contributed by atoms with Crippen LogP contribution in [0.1, 0.15) is 49.8 Å². The number of rotatable bonds is 7. The van der Waals surface area contributed by atoms with Crippen LogP contribution in [-0.2, 0) is 11.2 Å². The Morgan fingerprint density at radius 1 is 1.18 bits per heavy atom. The highest BCUT2D eigenvalue weighted by Crippen LogP contribution is 2.15. The first kappa shape index (κ1) is 13.7. The van der Waals surface area contributed by atoms with E-state index in [0.29, 0.717) is 5.56 Å². The predicted molar refractivity (Wildman–Crippen MR) is 66.9 cm³/mol. The van der Waals surface area contributed by atoms with Gasteiger partial charge in [0.1, 0.15) is 0 Å². The monoisotopic (exact) mass is 236 g/mol. The molecule has 2 N–H and O–H groups in total. The first-order valence-corrected chi connectivity index (χ1v) is 6.15. The van der Waals surface area contributed by atoms with Crippen LogP contribution in [0.25, 0.3) is 0 Å². The van der Waals surface area contributed by atoms with E-state index in [9.17, 15) is 9.90 Å². The van der Waals surface area contributed by atoms with E-state index in [1.54, 1.807) is 12.1 Å². The number of hydrogen-bond donors (Lipinski definition) is 2. The van der Waals surface area contributed by atoms with Crippen molar-refractivity contribution >= 4 is 5.97 Å². The Morgan fingerprint density at radius 3 is 2.35 bits per heavy atom. The molecule has 0 saturated carbocycles. The molecule has 3 heteroatoms. The fourth-order valence-electron chi connectivity index (χ4n) is 1.77. The molecule has 17 heavy (non-hydrogen) atoms. The van der Waals surface area contributed by atoms with Gasteiger partial charge in [-0.25, -0.2) is 4.79 Å². The number of hydrogen-bond acceptors (Lipinski definition) is 2. The lowest BCUT2D eigenvalue weighted by Crippen LogP contribution is -2.10. The fourth-order valence-corrected chi connectivity index (χ4v) is 1.77. The lowest BCUT2D eigenvalue weighted by Gasteiger charge is -2.07. The van der Waals surface area contributed by atoms with Crippen LogP contribution >= 0.6 is 0 Å². The molecule has 0 bridgehead atoms. The molecule has 0 saturated heterocycles. The minimum Gasteiger partial charge on any atom is -0.479 e. The summed E-state index contributed by atoms with van der Waals surface area (Å²) < 4.78 is 0. The standard InChI is InChI=1S/C14H20O3/c1-2-3-4-5-6-11-7-9-12(10-8-11)13(15)14(16)17/h7-10,13,15H,2-6H2,1H3,(H,16,17). The van der Waals surface area contributed by atoms with Gasteiger partial charge in [0.25, 0.3) is 0 Å². The zero-order valence-corrected chi connectivity index (χ0v) is 10.2. The van der Waals surface area contributed by atoms with Crippen molar-refractivity contribution in [3.63, 3.8) is 0 Å². The van der Waals surface area contributed by atoms with Gasteiger partial charge in [0.2, 0.25) is 0 Å². The SMILES string of the molecule is CCCCCCc1ccc(C(O)C(=O)O)cc1. The number of aliphatic hydroxyl groups is 1. The van der Waals surface area contributed by atoms with Crippen molar-refractivity contribution in [3.8, 4) is 0 Å². The summed E-state index contributed by atoms with van der Waals surface area (Å²) in [5, 5.41) is 18.0. The summed E-state index contributed by atoms with van der Waals surface area (Å²) in [5.74, 6) is -1.21. The fraction of sp³-hybridized carbons (Fsp3) is 0.500. The van der Waals surface area contributed by atoms with Crippen molar-refractivity contribution in [1.29, 1.82) is 0 Å². The summed E-state index contributed by atoms with van der Waals surface area (Å²) in [6.07, 6.45) is 4.48. The van der Waals surface area contributed by atoms with Gasteiger partial charge in [-0.05, 0) is 24.0 Å². The molecule has 0 fully saturated rings. The summed E-state index contributed by atoms with van der Waals surface area (Å²) in [4.78, 5) is 10.6. The molecule has 1 atom stereocenters. The van der Waals surface area contributed by atoms with Crippen LogP contribution in [-0.4, -0.2) is 16.2 Å². The van der Waals surface area contributed by atoms with E-state index in [-0.39, 0.29) is 0 Å². The topological polar surface area (TPSA) is 57.5 Å². The summed E-state index contributed by atoms with van der Waals surface area (Å²) in [6, 6.07) is 7.17. The number of benzene rings is 1. The minimum atomic E-state index is -1.41. The Morgan fingerprint density at radius 2 is 1.82 bits per heavy atom. The Bertz CT molecular complexity index is 343. The van der Waals surface area contributed by atoms with Crippen molar-refractivity contribution in [3.05, 3.63) is 35.4 Å². The third-order valence-electron chi connectivity index (χ3n) is 2.85. The molecule has 1 unspecified atom stereocenters. The number of unbranched alkanes of at least 4 members (excludes halogenated alkanes) is 3. The van der Waals surface area contributed by atoms with Gasteiger partial charge in [-0.15, -0.1) is 0 Å². The van der Waals surface area contributed by atoms with Crippen LogP contribution in [0, 0.1) is 0 Å². The highest BCUT2D eigenvalue weighted by atomic mass is 16.4. The third-order valence-corrected chi connectivity index (χ3v) is 2.85. The zero-order chi connectivity index (χ0) is 12.7. The molecule has 94 valence electrons. The van der Waals surface area contributed by atoms with Crippen molar-refractivity contribution in [2.24, 2.45) is 0 Å². The Labute approximate surface area is 102 Å². The smallest absolute Gasteiger partial charge is 0.337 e. The molecule has 0 aliphatic heterocycles. The molecule has 0 aliphatic carbocycles. The molecule has 1 rings (SSSR count). The number of aliphatic carboxylic acids is 1. The quantitative estimate of drug-likeness (QED) is 0.716. The van der Waals surface area contributed by atoms with E-state index in [1.807, 2.05) is 12.1 Å². The van der Waals surface area contributed by atoms with E-state index < -0.39 is 12.1 Å². The number of carboxylic acid groups (broad SMARTS) is 1. The molecular formula is C14H20O3. The number of aryl methyl sites for hydroxylation is 1. The second-order valence-electron chi connectivity index (χ2n) is 4.29. The van der Waals surface area contributed by atoms with Gasteiger partial charge in [0, 0.05) is 0 Å². The van der Waals surface area contributed by atoms with Crippen molar-refractivity contribution in [1.82, 2.24) is 0 Å². The van der Waals surface area contributed by atoms with Crippen molar-refractivity contribution in [2.45, 2.75) is 45.1 Å². The Kier molecular flexibility index (Phi) is 5.70. The Balaban J connectivity index is 2.47. The maximum absolute atomic E-state index is 10.6. The van der Waals surface area contributed by atoms with Gasteiger partial charge in [-0.3, -0.25) is 0 Å². The van der Waals surface area contributed by atoms with Crippen LogP contribution in [0.4, 0.5) is 0 Å². The van der Waals surface area contributed by atoms with Crippen LogP contribution < -0.4 is 0 Å². The normalized spacial score (nSPS) is 12.4. The Hall–Kier alpha value is -1.35. The molecular weight excluding hydrogens is 216 g/mol. The van der Waals surface area contributed by atoms with Gasteiger partial charge >= 0.3 is 5.97 Å². The van der Waals surface area contributed by atoms with Crippen LogP contribution in [0.2, 0.25) is 0 Å². The molecule has 0 aliphatic rings. The highest BCUT2D eigenvalue weighted by Gasteiger charge is 2.14. The maximum atomic E-state index is 10.6. The second kappa shape index (κ2) is 7.07. The molecule has 1 aromatic carbocycles. The summed E-state index contributed by atoms with van der Waals surface area (Å²) in [5.41, 5.74) is 1.64. The number of carbonyl (C=O) groups is 1. The van der Waals surface area contributed by atoms with Crippen LogP contribution in [0.5, 0.6) is 0 Å². The largest absolute Gasteiger partial charge is 0.479 e. The van der Waals surface area contributed by atoms with E-state index in [0.717, 1.165) is 12.8 Å². The van der Waals surface area contributed by atoms with E-state index in [4.69, 9.17) is 5.11 Å². The maximum Gasteiger partial charge on any atom is 0.337 e. The molecule has 3 nitrogen and oxygen atoms in total. The third kappa shape index (κ3) is 4.57. The van der Waals surface area contributed by atoms with Gasteiger partial charge in [-0.1, -0.05) is 50.5 Å². The number of aliphatic hydroxyl groups excluding tert-OH is 1. The minimum absolute atomic E-state index is 0.440. The summed E-state index contributed by atoms with van der Waals surface area (Å²) in [6.45, 7) is 2.18. The molecule has 0 amide bonds. The van der Waals surface area contributed by atoms with Crippen molar-refractivity contribution in [2.75, 3.05) is 0 Å². The average molecular weight is 236 g/mol. The zero-order valence-electron chi connectivity index (χ0n) is 10.2. The lowest BCUT2D eigenvalue weighted by molar-refractivity contribution is -0.146. The van der Waals surface area contributed by atoms with Gasteiger partial charge in [0.15, 0.2) is 6.10 Å². The molecule has 0 aromatic heterocycles. The predicted octanol–water partition coefficient (Wildman–Crippen LogP) is 2.93.